The fourth-order valence-corrected chi connectivity index (χ4v) is 35.5. The van der Waals surface area contributed by atoms with Gasteiger partial charge in [-0.05, 0) is 201 Å². The SMILES string of the molecule is Cc1cccc(C)c1/C(=N\[Si](C)(C)C)[Si](/C(=N/[Si](C)(C)C)c1c(C)cccc1C)[Si](C)(C)C.Cc1cccc(C)c1/C(=N\[Si](C)(C)C)[Si](/C(=N/[Si](C)(C)C)c1c(C)cccc1C)[Si](C)(C)C.[Hg]. The smallest absolute Gasteiger partial charge is 0.172 e. The Bertz CT molecular complexity index is 2070. The first-order chi connectivity index (χ1) is 29.8. The average Bonchev–Trinajstić information content (AvgIpc) is 3.08. The topological polar surface area (TPSA) is 49.4 Å². The summed E-state index contributed by atoms with van der Waals surface area (Å²) in [6, 6.07) is 26.8. The normalized spacial score (nSPS) is 14.0. The van der Waals surface area contributed by atoms with E-state index in [0.29, 0.717) is 0 Å². The van der Waals surface area contributed by atoms with E-state index in [4.69, 9.17) is 18.6 Å². The van der Waals surface area contributed by atoms with Crippen molar-refractivity contribution in [1.29, 1.82) is 0 Å². The number of rotatable bonds is 14. The number of benzene rings is 4. The van der Waals surface area contributed by atoms with E-state index in [9.17, 15) is 0 Å². The molecule has 0 aromatic heterocycles. The maximum absolute atomic E-state index is 5.67. The van der Waals surface area contributed by atoms with Crippen LogP contribution in [0.15, 0.2) is 91.4 Å². The first-order valence-electron chi connectivity index (χ1n) is 24.3. The Kier molecular flexibility index (Phi) is 21.6. The molecule has 0 bridgehead atoms. The second kappa shape index (κ2) is 23.6. The molecule has 4 nitrogen and oxygen atoms in total. The molecule has 2 radical (unpaired) electrons. The summed E-state index contributed by atoms with van der Waals surface area (Å²) in [5, 5.41) is 5.59. The molecule has 67 heavy (non-hydrogen) atoms. The summed E-state index contributed by atoms with van der Waals surface area (Å²) >= 11 is 0. The van der Waals surface area contributed by atoms with Crippen LogP contribution in [-0.4, -0.2) is 86.1 Å². The van der Waals surface area contributed by atoms with E-state index in [1.165, 1.54) is 88.1 Å². The van der Waals surface area contributed by atoms with Gasteiger partial charge in [0.05, 0.1) is 15.2 Å². The second-order valence-corrected chi connectivity index (χ2v) is 67.5. The molecule has 0 saturated carbocycles. The third-order valence-electron chi connectivity index (χ3n) is 11.1. The van der Waals surface area contributed by atoms with Crippen molar-refractivity contribution in [2.45, 2.75) is 173 Å². The van der Waals surface area contributed by atoms with Crippen molar-refractivity contribution in [3.63, 3.8) is 0 Å². The monoisotopic (exact) mass is 1220 g/mol. The van der Waals surface area contributed by atoms with Gasteiger partial charge in [0.1, 0.15) is 0 Å². The average molecular weight is 1220 g/mol. The van der Waals surface area contributed by atoms with Crippen LogP contribution in [0.5, 0.6) is 0 Å². The Morgan fingerprint density at radius 1 is 0.284 bits per heavy atom. The van der Waals surface area contributed by atoms with Gasteiger partial charge in [-0.3, -0.25) is 0 Å². The summed E-state index contributed by atoms with van der Waals surface area (Å²) in [5.41, 5.74) is 16.4. The quantitative estimate of drug-likeness (QED) is 0.0892. The van der Waals surface area contributed by atoms with E-state index < -0.39 is 64.8 Å². The number of hydrogen-bond acceptors (Lipinski definition) is 4. The van der Waals surface area contributed by atoms with Crippen LogP contribution in [-0.2, 0) is 27.7 Å². The van der Waals surface area contributed by atoms with Gasteiger partial charge in [-0.25, -0.2) is 0 Å². The molecule has 4 aromatic rings. The minimum atomic E-state index is -1.73. The van der Waals surface area contributed by atoms with Crippen LogP contribution in [0.2, 0.25) is 118 Å². The van der Waals surface area contributed by atoms with Crippen molar-refractivity contribution >= 4 is 86.1 Å². The molecule has 0 aliphatic rings. The number of hydrogen-bond donors (Lipinski definition) is 0. The van der Waals surface area contributed by atoms with E-state index in [-0.39, 0.29) is 27.7 Å². The molecule has 0 fully saturated rings. The van der Waals surface area contributed by atoms with E-state index >= 15 is 0 Å². The van der Waals surface area contributed by atoms with Crippen LogP contribution in [0.25, 0.3) is 0 Å². The molecule has 0 saturated heterocycles. The van der Waals surface area contributed by atoms with Crippen molar-refractivity contribution < 1.29 is 27.7 Å². The predicted molar refractivity (Wildman–Crippen MR) is 321 cm³/mol. The molecule has 360 valence electrons. The molecule has 0 aliphatic heterocycles. The Balaban J connectivity index is 0.000000453. The molecule has 4 aromatic carbocycles. The Morgan fingerprint density at radius 3 is 0.522 bits per heavy atom. The predicted octanol–water partition coefficient (Wildman–Crippen LogP) is 15.7. The van der Waals surface area contributed by atoms with Crippen molar-refractivity contribution in [2.75, 3.05) is 0 Å². The van der Waals surface area contributed by atoms with Gasteiger partial charge in [-0.1, -0.05) is 112 Å². The molecule has 0 aliphatic carbocycles. The third-order valence-corrected chi connectivity index (χ3v) is 33.8. The molecular weight excluding hydrogens is 1130 g/mol. The van der Waals surface area contributed by atoms with Gasteiger partial charge in [0.25, 0.3) is 0 Å². The van der Waals surface area contributed by atoms with Gasteiger partial charge in [0.15, 0.2) is 49.6 Å². The van der Waals surface area contributed by atoms with Crippen LogP contribution < -0.4 is 0 Å². The standard InChI is InChI=1S/2C27H45N2Si4.Hg/c2*1-20-16-14-17-21(2)24(20)26(28-31(5,6)7)30(33(11,12)13)27(29-32(8,9)10)25-22(3)18-15-19-23(25)4;/h2*14-19H,1-13H3;/b2*28-26+,29-27+;. The summed E-state index contributed by atoms with van der Waals surface area (Å²) in [5.74, 6) is 0. The van der Waals surface area contributed by atoms with E-state index in [2.05, 4.69) is 246 Å². The molecule has 0 heterocycles. The Labute approximate surface area is 441 Å². The second-order valence-electron chi connectivity index (χ2n) is 24.8. The van der Waals surface area contributed by atoms with Crippen LogP contribution in [0.4, 0.5) is 0 Å². The van der Waals surface area contributed by atoms with E-state index in [0.717, 1.165) is 0 Å². The van der Waals surface area contributed by atoms with Crippen molar-refractivity contribution in [2.24, 2.45) is 18.6 Å². The summed E-state index contributed by atoms with van der Waals surface area (Å²) in [7, 11) is -12.7. The van der Waals surface area contributed by atoms with E-state index in [1.54, 1.807) is 0 Å². The summed E-state index contributed by atoms with van der Waals surface area (Å²) < 4.78 is 22.7. The first-order valence-corrected chi connectivity index (χ1v) is 50.1. The van der Waals surface area contributed by atoms with Gasteiger partial charge in [-0.2, -0.15) is 0 Å². The maximum atomic E-state index is 5.67. The zero-order valence-corrected chi connectivity index (χ0v) is 60.9. The van der Waals surface area contributed by atoms with Gasteiger partial charge in [0.2, 0.25) is 0 Å². The van der Waals surface area contributed by atoms with Gasteiger partial charge in [0, 0.05) is 49.0 Å². The van der Waals surface area contributed by atoms with E-state index in [1.807, 2.05) is 0 Å². The molecule has 0 spiro atoms. The molecule has 4 rings (SSSR count). The largest absolute Gasteiger partial charge is 0.330 e. The minimum Gasteiger partial charge on any atom is -0.330 e. The van der Waals surface area contributed by atoms with Crippen LogP contribution in [0.1, 0.15) is 66.8 Å². The summed E-state index contributed by atoms with van der Waals surface area (Å²) in [6.45, 7) is 61.9. The van der Waals surface area contributed by atoms with Crippen molar-refractivity contribution in [3.05, 3.63) is 140 Å². The minimum absolute atomic E-state index is 0. The van der Waals surface area contributed by atoms with Crippen LogP contribution >= 0.6 is 0 Å². The molecule has 0 amide bonds. The number of aryl methyl sites for hydroxylation is 8. The molecule has 0 N–H and O–H groups in total. The Hall–Kier alpha value is -1.77. The van der Waals surface area contributed by atoms with Crippen LogP contribution in [0.3, 0.4) is 0 Å². The maximum Gasteiger partial charge on any atom is 0.172 e. The molecule has 0 atom stereocenters. The van der Waals surface area contributed by atoms with Gasteiger partial charge in [-0.15, -0.1) is 0 Å². The van der Waals surface area contributed by atoms with Gasteiger partial charge >= 0.3 is 0 Å². The summed E-state index contributed by atoms with van der Waals surface area (Å²) in [4.78, 5) is 0. The zero-order valence-electron chi connectivity index (χ0n) is 47.4. The zero-order chi connectivity index (χ0) is 50.7. The molecular formula is C54H90HgN4Si8. The third kappa shape index (κ3) is 17.8. The molecule has 0 unspecified atom stereocenters. The van der Waals surface area contributed by atoms with Crippen molar-refractivity contribution in [3.8, 4) is 0 Å². The Morgan fingerprint density at radius 2 is 0.418 bits per heavy atom. The van der Waals surface area contributed by atoms with Crippen molar-refractivity contribution in [1.82, 2.24) is 0 Å². The van der Waals surface area contributed by atoms with Gasteiger partial charge < -0.3 is 18.6 Å². The fourth-order valence-electron chi connectivity index (χ4n) is 8.69. The number of nitrogens with zero attached hydrogens (tertiary/aromatic N) is 4. The first kappa shape index (κ1) is 61.4. The fraction of sp³-hybridized carbons (Fsp3) is 0.481. The van der Waals surface area contributed by atoms with Crippen LogP contribution in [0, 0.1) is 55.4 Å². The molecule has 13 heteroatoms. The summed E-state index contributed by atoms with van der Waals surface area (Å²) in [6.07, 6.45) is 0.